The van der Waals surface area contributed by atoms with Crippen LogP contribution in [0.3, 0.4) is 0 Å². The van der Waals surface area contributed by atoms with E-state index in [1.54, 1.807) is 4.90 Å². The second kappa shape index (κ2) is 9.07. The fourth-order valence-corrected chi connectivity index (χ4v) is 3.26. The Labute approximate surface area is 159 Å². The number of piperidine rings is 1. The number of carbonyl (C=O) groups excluding carboxylic acids is 2. The van der Waals surface area contributed by atoms with Gasteiger partial charge in [0.05, 0.1) is 5.92 Å². The maximum atomic E-state index is 12.5. The van der Waals surface area contributed by atoms with Gasteiger partial charge in [-0.05, 0) is 49.1 Å². The summed E-state index contributed by atoms with van der Waals surface area (Å²) >= 11 is 0. The third-order valence-corrected chi connectivity index (χ3v) is 4.80. The Hall–Kier alpha value is -3.02. The van der Waals surface area contributed by atoms with Crippen molar-refractivity contribution in [2.75, 3.05) is 30.7 Å². The van der Waals surface area contributed by atoms with Crippen molar-refractivity contribution >= 4 is 23.3 Å². The SMILES string of the molecule is Nc1ccc(CCNC(=O)C2CCCN(C(=O)Nc3ccccc3)C2)cc1. The third kappa shape index (κ3) is 5.48. The number of urea groups is 1. The number of hydrogen-bond acceptors (Lipinski definition) is 3. The second-order valence-electron chi connectivity index (χ2n) is 6.86. The van der Waals surface area contributed by atoms with Gasteiger partial charge < -0.3 is 21.3 Å². The minimum Gasteiger partial charge on any atom is -0.399 e. The van der Waals surface area contributed by atoms with Crippen LogP contribution in [0.25, 0.3) is 0 Å². The Kier molecular flexibility index (Phi) is 6.30. The Morgan fingerprint density at radius 3 is 2.56 bits per heavy atom. The Balaban J connectivity index is 1.46. The molecule has 1 atom stereocenters. The van der Waals surface area contributed by atoms with Crippen molar-refractivity contribution in [3.8, 4) is 0 Å². The number of nitrogen functional groups attached to an aromatic ring is 1. The molecule has 6 nitrogen and oxygen atoms in total. The van der Waals surface area contributed by atoms with E-state index in [2.05, 4.69) is 10.6 Å². The summed E-state index contributed by atoms with van der Waals surface area (Å²) < 4.78 is 0. The van der Waals surface area contributed by atoms with Crippen LogP contribution in [-0.4, -0.2) is 36.5 Å². The Morgan fingerprint density at radius 1 is 1.07 bits per heavy atom. The fraction of sp³-hybridized carbons (Fsp3) is 0.333. The van der Waals surface area contributed by atoms with Crippen molar-refractivity contribution in [2.45, 2.75) is 19.3 Å². The number of likely N-dealkylation sites (tertiary alicyclic amines) is 1. The highest BCUT2D eigenvalue weighted by molar-refractivity contribution is 5.90. The highest BCUT2D eigenvalue weighted by Crippen LogP contribution is 2.18. The molecule has 0 aliphatic carbocycles. The lowest BCUT2D eigenvalue weighted by Gasteiger charge is -2.32. The third-order valence-electron chi connectivity index (χ3n) is 4.80. The summed E-state index contributed by atoms with van der Waals surface area (Å²) in [6.45, 7) is 1.70. The largest absolute Gasteiger partial charge is 0.399 e. The predicted octanol–water partition coefficient (Wildman–Crippen LogP) is 2.87. The van der Waals surface area contributed by atoms with Crippen molar-refractivity contribution in [2.24, 2.45) is 5.92 Å². The van der Waals surface area contributed by atoms with Crippen LogP contribution in [0.5, 0.6) is 0 Å². The molecule has 1 heterocycles. The van der Waals surface area contributed by atoms with Crippen LogP contribution in [0.4, 0.5) is 16.2 Å². The number of amides is 3. The molecule has 1 aliphatic rings. The van der Waals surface area contributed by atoms with Gasteiger partial charge in [-0.2, -0.15) is 0 Å². The molecule has 1 saturated heterocycles. The molecule has 1 unspecified atom stereocenters. The quantitative estimate of drug-likeness (QED) is 0.711. The number of carbonyl (C=O) groups is 2. The molecule has 4 N–H and O–H groups in total. The molecule has 1 fully saturated rings. The van der Waals surface area contributed by atoms with Gasteiger partial charge in [-0.1, -0.05) is 30.3 Å². The van der Waals surface area contributed by atoms with Crippen LogP contribution in [0, 0.1) is 5.92 Å². The highest BCUT2D eigenvalue weighted by atomic mass is 16.2. The van der Waals surface area contributed by atoms with E-state index >= 15 is 0 Å². The molecule has 27 heavy (non-hydrogen) atoms. The van der Waals surface area contributed by atoms with E-state index in [0.29, 0.717) is 19.6 Å². The molecule has 0 spiro atoms. The van der Waals surface area contributed by atoms with Gasteiger partial charge in [0.1, 0.15) is 0 Å². The van der Waals surface area contributed by atoms with Gasteiger partial charge in [0.2, 0.25) is 5.91 Å². The summed E-state index contributed by atoms with van der Waals surface area (Å²) in [6.07, 6.45) is 2.40. The number of para-hydroxylation sites is 1. The molecule has 0 aromatic heterocycles. The van der Waals surface area contributed by atoms with Crippen LogP contribution >= 0.6 is 0 Å². The molecule has 6 heteroatoms. The molecule has 3 rings (SSSR count). The Morgan fingerprint density at radius 2 is 1.81 bits per heavy atom. The van der Waals surface area contributed by atoms with E-state index < -0.39 is 0 Å². The van der Waals surface area contributed by atoms with Gasteiger partial charge in [-0.3, -0.25) is 4.79 Å². The van der Waals surface area contributed by atoms with Crippen molar-refractivity contribution in [3.63, 3.8) is 0 Å². The smallest absolute Gasteiger partial charge is 0.321 e. The lowest BCUT2D eigenvalue weighted by atomic mass is 9.97. The van der Waals surface area contributed by atoms with Crippen LogP contribution < -0.4 is 16.4 Å². The van der Waals surface area contributed by atoms with Gasteiger partial charge in [-0.15, -0.1) is 0 Å². The fourth-order valence-electron chi connectivity index (χ4n) is 3.26. The van der Waals surface area contributed by atoms with Gasteiger partial charge in [-0.25, -0.2) is 4.79 Å². The molecular weight excluding hydrogens is 340 g/mol. The summed E-state index contributed by atoms with van der Waals surface area (Å²) in [5.74, 6) is -0.144. The van der Waals surface area contributed by atoms with E-state index in [1.165, 1.54) is 0 Å². The van der Waals surface area contributed by atoms with E-state index in [0.717, 1.165) is 36.2 Å². The zero-order chi connectivity index (χ0) is 19.1. The van der Waals surface area contributed by atoms with Crippen LogP contribution in [0.2, 0.25) is 0 Å². The molecule has 142 valence electrons. The molecule has 2 aromatic rings. The zero-order valence-electron chi connectivity index (χ0n) is 15.4. The first kappa shape index (κ1) is 18.8. The van der Waals surface area contributed by atoms with Crippen molar-refractivity contribution in [1.29, 1.82) is 0 Å². The minimum atomic E-state index is -0.160. The van der Waals surface area contributed by atoms with E-state index in [-0.39, 0.29) is 17.9 Å². The number of nitrogens with zero attached hydrogens (tertiary/aromatic N) is 1. The lowest BCUT2D eigenvalue weighted by molar-refractivity contribution is -0.126. The summed E-state index contributed by atoms with van der Waals surface area (Å²) in [4.78, 5) is 26.6. The molecular formula is C21H26N4O2. The van der Waals surface area contributed by atoms with Crippen molar-refractivity contribution in [3.05, 3.63) is 60.2 Å². The summed E-state index contributed by atoms with van der Waals surface area (Å²) in [5.41, 5.74) is 8.31. The number of nitrogens with two attached hydrogens (primary N) is 1. The zero-order valence-corrected chi connectivity index (χ0v) is 15.4. The number of anilines is 2. The molecule has 0 radical (unpaired) electrons. The average molecular weight is 366 g/mol. The first-order valence-electron chi connectivity index (χ1n) is 9.35. The summed E-state index contributed by atoms with van der Waals surface area (Å²) in [7, 11) is 0. The maximum absolute atomic E-state index is 12.5. The monoisotopic (exact) mass is 366 g/mol. The average Bonchev–Trinajstić information content (AvgIpc) is 2.70. The van der Waals surface area contributed by atoms with E-state index in [4.69, 9.17) is 5.73 Å². The Bertz CT molecular complexity index is 762. The van der Waals surface area contributed by atoms with Gasteiger partial charge >= 0.3 is 6.03 Å². The van der Waals surface area contributed by atoms with E-state index in [9.17, 15) is 9.59 Å². The van der Waals surface area contributed by atoms with Crippen molar-refractivity contribution < 1.29 is 9.59 Å². The summed E-state index contributed by atoms with van der Waals surface area (Å²) in [5, 5.41) is 5.88. The highest BCUT2D eigenvalue weighted by Gasteiger charge is 2.28. The second-order valence-corrected chi connectivity index (χ2v) is 6.86. The van der Waals surface area contributed by atoms with Gasteiger partial charge in [0.15, 0.2) is 0 Å². The van der Waals surface area contributed by atoms with Gasteiger partial charge in [0.25, 0.3) is 0 Å². The number of nitrogens with one attached hydrogen (secondary N) is 2. The first-order valence-corrected chi connectivity index (χ1v) is 9.35. The normalized spacial score (nSPS) is 16.6. The van der Waals surface area contributed by atoms with Crippen LogP contribution in [0.15, 0.2) is 54.6 Å². The first-order chi connectivity index (χ1) is 13.1. The standard InChI is InChI=1S/C21H26N4O2/c22-18-10-8-16(9-11-18)12-13-23-20(26)17-5-4-14-25(15-17)21(27)24-19-6-2-1-3-7-19/h1-3,6-11,17H,4-5,12-15,22H2,(H,23,26)(H,24,27). The maximum Gasteiger partial charge on any atom is 0.321 e. The molecule has 2 aromatic carbocycles. The summed E-state index contributed by atoms with van der Waals surface area (Å²) in [6, 6.07) is 16.9. The number of benzene rings is 2. The lowest BCUT2D eigenvalue weighted by Crippen LogP contribution is -2.47. The minimum absolute atomic E-state index is 0.0163. The topological polar surface area (TPSA) is 87.5 Å². The van der Waals surface area contributed by atoms with Crippen LogP contribution in [-0.2, 0) is 11.2 Å². The molecule has 1 aliphatic heterocycles. The van der Waals surface area contributed by atoms with Crippen LogP contribution in [0.1, 0.15) is 18.4 Å². The van der Waals surface area contributed by atoms with Crippen molar-refractivity contribution in [1.82, 2.24) is 10.2 Å². The van der Waals surface area contributed by atoms with E-state index in [1.807, 2.05) is 54.6 Å². The predicted molar refractivity (Wildman–Crippen MR) is 107 cm³/mol. The van der Waals surface area contributed by atoms with Gasteiger partial charge in [0, 0.05) is 31.0 Å². The number of hydrogen-bond donors (Lipinski definition) is 3. The number of rotatable bonds is 5. The molecule has 0 bridgehead atoms. The molecule has 0 saturated carbocycles. The molecule has 3 amide bonds.